The lowest BCUT2D eigenvalue weighted by atomic mass is 9.85. The summed E-state index contributed by atoms with van der Waals surface area (Å²) in [7, 11) is -1.07. The summed E-state index contributed by atoms with van der Waals surface area (Å²) in [5, 5.41) is 2.69. The van der Waals surface area contributed by atoms with Gasteiger partial charge in [-0.1, -0.05) is 56.9 Å². The van der Waals surface area contributed by atoms with Crippen LogP contribution in [0.3, 0.4) is 0 Å². The summed E-state index contributed by atoms with van der Waals surface area (Å²) in [5.41, 5.74) is 2.89. The van der Waals surface area contributed by atoms with Crippen molar-refractivity contribution >= 4 is 24.9 Å². The first kappa shape index (κ1) is 16.7. The van der Waals surface area contributed by atoms with Gasteiger partial charge in [0.1, 0.15) is 0 Å². The van der Waals surface area contributed by atoms with Crippen molar-refractivity contribution in [3.05, 3.63) is 66.0 Å². The molecule has 1 aliphatic heterocycles. The third kappa shape index (κ3) is 4.02. The average Bonchev–Trinajstić information content (AvgIpc) is 2.90. The molecule has 0 aliphatic carbocycles. The van der Waals surface area contributed by atoms with Crippen molar-refractivity contribution in [2.75, 3.05) is 5.38 Å². The van der Waals surface area contributed by atoms with Crippen LogP contribution in [0, 0.1) is 5.92 Å². The van der Waals surface area contributed by atoms with Gasteiger partial charge in [0.15, 0.2) is 0 Å². The first-order valence-electron chi connectivity index (χ1n) is 8.50. The van der Waals surface area contributed by atoms with E-state index in [1.807, 2.05) is 0 Å². The molecule has 0 radical (unpaired) electrons. The molecule has 3 heteroatoms. The zero-order valence-electron chi connectivity index (χ0n) is 14.6. The number of rotatable bonds is 4. The van der Waals surface area contributed by atoms with E-state index in [-0.39, 0.29) is 0 Å². The lowest BCUT2D eigenvalue weighted by molar-refractivity contribution is 0.521. The van der Waals surface area contributed by atoms with Gasteiger partial charge in [-0.25, -0.2) is 0 Å². The highest BCUT2D eigenvalue weighted by molar-refractivity contribution is 8.09. The van der Waals surface area contributed by atoms with E-state index in [0.717, 1.165) is 6.42 Å². The summed E-state index contributed by atoms with van der Waals surface area (Å²) in [6.45, 7) is 9.74. The molecule has 2 atom stereocenters. The van der Waals surface area contributed by atoms with Crippen molar-refractivity contribution in [3.63, 3.8) is 0 Å². The summed E-state index contributed by atoms with van der Waals surface area (Å²) in [6.07, 6.45) is 5.89. The quantitative estimate of drug-likeness (QED) is 0.629. The average molecular weight is 342 g/mol. The molecule has 122 valence electrons. The number of nitrogens with zero attached hydrogens (tertiary/aromatic N) is 1. The molecule has 0 amide bonds. The molecule has 0 saturated carbocycles. The standard InChI is InChI=1S/C20H27NSSi/c1-16-13-18-11-8-12-21(18)20(22-15-23(2,3)4)14-19(16)17-9-6-5-7-10-17/h5-12,14,16,19H,13,15H2,1-4H3/t16-,19+/m1/s1. The Morgan fingerprint density at radius 2 is 1.83 bits per heavy atom. The van der Waals surface area contributed by atoms with Gasteiger partial charge in [0, 0.05) is 17.8 Å². The van der Waals surface area contributed by atoms with Crippen LogP contribution in [0.15, 0.2) is 54.7 Å². The number of thioether (sulfide) groups is 1. The second-order valence-electron chi connectivity index (χ2n) is 7.84. The van der Waals surface area contributed by atoms with Crippen LogP contribution >= 0.6 is 11.8 Å². The number of fused-ring (bicyclic) bond motifs is 1. The fourth-order valence-corrected chi connectivity index (χ4v) is 6.04. The predicted molar refractivity (Wildman–Crippen MR) is 107 cm³/mol. The number of hydrogen-bond acceptors (Lipinski definition) is 1. The van der Waals surface area contributed by atoms with Crippen LogP contribution in [-0.2, 0) is 6.42 Å². The highest BCUT2D eigenvalue weighted by Crippen LogP contribution is 2.38. The Balaban J connectivity index is 1.97. The molecule has 1 nitrogen and oxygen atoms in total. The first-order chi connectivity index (χ1) is 10.9. The van der Waals surface area contributed by atoms with Crippen LogP contribution in [0.4, 0.5) is 0 Å². The molecule has 1 aliphatic rings. The van der Waals surface area contributed by atoms with Crippen molar-refractivity contribution in [3.8, 4) is 0 Å². The lowest BCUT2D eigenvalue weighted by Crippen LogP contribution is -2.24. The van der Waals surface area contributed by atoms with E-state index < -0.39 is 8.07 Å². The molecular formula is C20H27NSSi. The number of benzene rings is 1. The predicted octanol–water partition coefficient (Wildman–Crippen LogP) is 5.87. The molecule has 23 heavy (non-hydrogen) atoms. The SMILES string of the molecule is C[C@@H]1Cc2cccn2C(SC[Si](C)(C)C)=C[C@@H]1c1ccccc1. The van der Waals surface area contributed by atoms with Crippen LogP contribution in [0.25, 0.3) is 5.03 Å². The highest BCUT2D eigenvalue weighted by atomic mass is 32.2. The van der Waals surface area contributed by atoms with E-state index in [1.165, 1.54) is 21.7 Å². The van der Waals surface area contributed by atoms with Gasteiger partial charge in [0.2, 0.25) is 0 Å². The number of allylic oxidation sites excluding steroid dienone is 1. The van der Waals surface area contributed by atoms with Crippen molar-refractivity contribution in [1.29, 1.82) is 0 Å². The first-order valence-corrected chi connectivity index (χ1v) is 13.2. The molecule has 0 bridgehead atoms. The smallest absolute Gasteiger partial charge is 0.0753 e. The summed E-state index contributed by atoms with van der Waals surface area (Å²) in [6, 6.07) is 15.5. The van der Waals surface area contributed by atoms with Gasteiger partial charge < -0.3 is 4.57 Å². The summed E-state index contributed by atoms with van der Waals surface area (Å²) < 4.78 is 2.42. The van der Waals surface area contributed by atoms with Gasteiger partial charge in [-0.05, 0) is 41.5 Å². The molecular weight excluding hydrogens is 314 g/mol. The second kappa shape index (κ2) is 6.74. The minimum atomic E-state index is -1.07. The van der Waals surface area contributed by atoms with E-state index >= 15 is 0 Å². The Kier molecular flexibility index (Phi) is 4.88. The maximum atomic E-state index is 2.52. The molecule has 1 aromatic heterocycles. The summed E-state index contributed by atoms with van der Waals surface area (Å²) in [5.74, 6) is 1.12. The van der Waals surface area contributed by atoms with E-state index in [4.69, 9.17) is 0 Å². The maximum Gasteiger partial charge on any atom is 0.0753 e. The molecule has 3 rings (SSSR count). The normalized spacial score (nSPS) is 21.5. The lowest BCUT2D eigenvalue weighted by Gasteiger charge is -2.20. The van der Waals surface area contributed by atoms with Gasteiger partial charge in [-0.2, -0.15) is 0 Å². The largest absolute Gasteiger partial charge is 0.316 e. The Morgan fingerprint density at radius 3 is 2.52 bits per heavy atom. The molecule has 1 aromatic carbocycles. The minimum Gasteiger partial charge on any atom is -0.316 e. The Morgan fingerprint density at radius 1 is 1.09 bits per heavy atom. The fourth-order valence-electron chi connectivity index (χ4n) is 3.16. The molecule has 0 N–H and O–H groups in total. The van der Waals surface area contributed by atoms with Gasteiger partial charge in [0.25, 0.3) is 0 Å². The Labute approximate surface area is 145 Å². The number of hydrogen-bond donors (Lipinski definition) is 0. The van der Waals surface area contributed by atoms with E-state index in [2.05, 4.69) is 97.6 Å². The summed E-state index contributed by atoms with van der Waals surface area (Å²) in [4.78, 5) is 0. The topological polar surface area (TPSA) is 4.93 Å². The highest BCUT2D eigenvalue weighted by Gasteiger charge is 2.25. The van der Waals surface area contributed by atoms with Crippen LogP contribution in [0.1, 0.15) is 24.1 Å². The molecule has 0 unspecified atom stereocenters. The zero-order chi connectivity index (χ0) is 16.4. The van der Waals surface area contributed by atoms with Gasteiger partial charge in [-0.15, -0.1) is 11.8 Å². The fraction of sp³-hybridized carbons (Fsp3) is 0.400. The Bertz CT molecular complexity index is 681. The monoisotopic (exact) mass is 341 g/mol. The number of aromatic nitrogens is 1. The van der Waals surface area contributed by atoms with E-state index in [0.29, 0.717) is 11.8 Å². The second-order valence-corrected chi connectivity index (χ2v) is 14.8. The van der Waals surface area contributed by atoms with Crippen molar-refractivity contribution < 1.29 is 0 Å². The van der Waals surface area contributed by atoms with Gasteiger partial charge in [-0.3, -0.25) is 0 Å². The molecule has 0 saturated heterocycles. The molecule has 2 heterocycles. The zero-order valence-corrected chi connectivity index (χ0v) is 16.4. The van der Waals surface area contributed by atoms with Gasteiger partial charge in [0.05, 0.1) is 13.1 Å². The molecule has 0 fully saturated rings. The third-order valence-corrected chi connectivity index (χ3v) is 9.04. The minimum absolute atomic E-state index is 0.500. The van der Waals surface area contributed by atoms with Crippen LogP contribution in [0.2, 0.25) is 19.6 Å². The van der Waals surface area contributed by atoms with Crippen LogP contribution in [0.5, 0.6) is 0 Å². The van der Waals surface area contributed by atoms with E-state index in [1.54, 1.807) is 0 Å². The third-order valence-electron chi connectivity index (χ3n) is 4.37. The van der Waals surface area contributed by atoms with Crippen molar-refractivity contribution in [2.45, 2.75) is 38.9 Å². The maximum absolute atomic E-state index is 2.52. The molecule has 0 spiro atoms. The van der Waals surface area contributed by atoms with Crippen LogP contribution in [-0.4, -0.2) is 18.0 Å². The Hall–Kier alpha value is -1.19. The summed E-state index contributed by atoms with van der Waals surface area (Å²) >= 11 is 2.05. The van der Waals surface area contributed by atoms with Gasteiger partial charge >= 0.3 is 0 Å². The van der Waals surface area contributed by atoms with E-state index in [9.17, 15) is 0 Å². The van der Waals surface area contributed by atoms with Crippen molar-refractivity contribution in [1.82, 2.24) is 4.57 Å². The van der Waals surface area contributed by atoms with Crippen molar-refractivity contribution in [2.24, 2.45) is 5.92 Å². The van der Waals surface area contributed by atoms with Crippen LogP contribution < -0.4 is 0 Å². The molecule has 2 aromatic rings.